The lowest BCUT2D eigenvalue weighted by molar-refractivity contribution is -0.183. The summed E-state index contributed by atoms with van der Waals surface area (Å²) in [5.74, 6) is -1.19. The van der Waals surface area contributed by atoms with Gasteiger partial charge in [0.05, 0.1) is 6.61 Å². The topological polar surface area (TPSA) is 61.8 Å². The molecule has 0 aromatic carbocycles. The fourth-order valence-electron chi connectivity index (χ4n) is 2.17. The summed E-state index contributed by atoms with van der Waals surface area (Å²) in [4.78, 5) is 23.3. The highest BCUT2D eigenvalue weighted by Gasteiger charge is 2.24. The molecule has 0 amide bonds. The van der Waals surface area contributed by atoms with Crippen LogP contribution in [0.5, 0.6) is 0 Å². The fourth-order valence-corrected chi connectivity index (χ4v) is 2.17. The van der Waals surface area contributed by atoms with E-state index in [4.69, 9.17) is 14.2 Å². The lowest BCUT2D eigenvalue weighted by Crippen LogP contribution is -2.29. The largest absolute Gasteiger partial charge is 0.465 e. The van der Waals surface area contributed by atoms with E-state index in [-0.39, 0.29) is 12.3 Å². The van der Waals surface area contributed by atoms with Crippen molar-refractivity contribution in [1.82, 2.24) is 0 Å². The van der Waals surface area contributed by atoms with Crippen LogP contribution in [0.4, 0.5) is 0 Å². The highest BCUT2D eigenvalue weighted by atomic mass is 16.7. The molecule has 5 heteroatoms. The first-order valence-corrected chi connectivity index (χ1v) is 7.88. The van der Waals surface area contributed by atoms with Gasteiger partial charge in [-0.15, -0.1) is 0 Å². The van der Waals surface area contributed by atoms with Crippen molar-refractivity contribution < 1.29 is 23.8 Å². The average Bonchev–Trinajstić information content (AvgIpc) is 2.53. The van der Waals surface area contributed by atoms with Gasteiger partial charge in [-0.2, -0.15) is 0 Å². The lowest BCUT2D eigenvalue weighted by atomic mass is 10.0. The number of allylic oxidation sites excluding steroid dienone is 3. The van der Waals surface area contributed by atoms with E-state index in [1.54, 1.807) is 0 Å². The number of carbonyl (C=O) groups is 2. The summed E-state index contributed by atoms with van der Waals surface area (Å²) in [6.45, 7) is 2.47. The van der Waals surface area contributed by atoms with Gasteiger partial charge in [0, 0.05) is 13.0 Å². The molecule has 2 atom stereocenters. The number of esters is 2. The molecule has 22 heavy (non-hydrogen) atoms. The Morgan fingerprint density at radius 1 is 1.18 bits per heavy atom. The zero-order valence-corrected chi connectivity index (χ0v) is 13.5. The Morgan fingerprint density at radius 2 is 2.00 bits per heavy atom. The van der Waals surface area contributed by atoms with Crippen molar-refractivity contribution in [2.75, 3.05) is 13.7 Å². The number of rotatable bonds is 10. The molecule has 0 saturated heterocycles. The minimum absolute atomic E-state index is 0.0241. The van der Waals surface area contributed by atoms with Crippen LogP contribution in [0, 0.1) is 5.92 Å². The number of methoxy groups -OCH3 is 1. The quantitative estimate of drug-likeness (QED) is 0.268. The van der Waals surface area contributed by atoms with Crippen LogP contribution in [-0.2, 0) is 23.8 Å². The van der Waals surface area contributed by atoms with Crippen LogP contribution >= 0.6 is 0 Å². The smallest absolute Gasteiger partial charge is 0.319 e. The molecule has 1 rings (SSSR count). The van der Waals surface area contributed by atoms with Crippen molar-refractivity contribution >= 4 is 11.9 Å². The second kappa shape index (κ2) is 11.0. The van der Waals surface area contributed by atoms with Gasteiger partial charge in [-0.05, 0) is 12.8 Å². The Morgan fingerprint density at radius 3 is 2.64 bits per heavy atom. The molecule has 0 bridgehead atoms. The molecular weight excluding hydrogens is 284 g/mol. The number of hydrogen-bond donors (Lipinski definition) is 0. The minimum atomic E-state index is -0.675. The molecule has 0 saturated carbocycles. The zero-order chi connectivity index (χ0) is 16.2. The molecule has 0 aromatic rings. The predicted molar refractivity (Wildman–Crippen MR) is 83.0 cm³/mol. The van der Waals surface area contributed by atoms with Gasteiger partial charge in [0.25, 0.3) is 0 Å². The maximum Gasteiger partial charge on any atom is 0.319 e. The highest BCUT2D eigenvalue weighted by Crippen LogP contribution is 2.19. The monoisotopic (exact) mass is 310 g/mol. The van der Waals surface area contributed by atoms with E-state index in [0.29, 0.717) is 6.61 Å². The number of hydrogen-bond acceptors (Lipinski definition) is 5. The third kappa shape index (κ3) is 7.41. The van der Waals surface area contributed by atoms with E-state index in [1.165, 1.54) is 7.11 Å². The Hall–Kier alpha value is -1.62. The average molecular weight is 310 g/mol. The molecule has 0 N–H and O–H groups in total. The first-order valence-electron chi connectivity index (χ1n) is 7.88. The van der Waals surface area contributed by atoms with Gasteiger partial charge < -0.3 is 14.2 Å². The molecule has 0 spiro atoms. The molecule has 0 fully saturated rings. The molecule has 0 aromatic heterocycles. The molecule has 124 valence electrons. The van der Waals surface area contributed by atoms with E-state index in [0.717, 1.165) is 32.1 Å². The predicted octanol–water partition coefficient (Wildman–Crippen LogP) is 3.15. The molecular formula is C17H26O5. The van der Waals surface area contributed by atoms with Crippen LogP contribution in [0.1, 0.15) is 45.4 Å². The molecule has 1 aliphatic carbocycles. The summed E-state index contributed by atoms with van der Waals surface area (Å²) in [5, 5.41) is 0. The summed E-state index contributed by atoms with van der Waals surface area (Å²) in [6.07, 6.45) is 11.5. The van der Waals surface area contributed by atoms with Crippen LogP contribution < -0.4 is 0 Å². The standard InChI is InChI=1S/C17H26O5/c1-3-4-5-9-12-21-15(18)13-16(19)22-17(20-2)14-10-7-6-8-11-14/h6-8,10,14,17H,3-5,9,11-13H2,1-2H3. The van der Waals surface area contributed by atoms with Crippen molar-refractivity contribution in [3.05, 3.63) is 24.3 Å². The van der Waals surface area contributed by atoms with E-state index >= 15 is 0 Å². The summed E-state index contributed by atoms with van der Waals surface area (Å²) < 4.78 is 15.4. The molecule has 5 nitrogen and oxygen atoms in total. The molecule has 0 radical (unpaired) electrons. The Labute approximate surface area is 132 Å². The molecule has 1 aliphatic rings. The van der Waals surface area contributed by atoms with Crippen LogP contribution in [0.3, 0.4) is 0 Å². The Kier molecular flexibility index (Phi) is 9.23. The van der Waals surface area contributed by atoms with Crippen LogP contribution in [-0.4, -0.2) is 31.9 Å². The van der Waals surface area contributed by atoms with Crippen molar-refractivity contribution in [3.8, 4) is 0 Å². The maximum atomic E-state index is 11.8. The number of ether oxygens (including phenoxy) is 3. The number of carbonyl (C=O) groups excluding carboxylic acids is 2. The third-order valence-electron chi connectivity index (χ3n) is 3.39. The van der Waals surface area contributed by atoms with E-state index in [9.17, 15) is 9.59 Å². The van der Waals surface area contributed by atoms with E-state index in [2.05, 4.69) is 6.92 Å². The molecule has 0 aliphatic heterocycles. The first kappa shape index (κ1) is 18.4. The maximum absolute atomic E-state index is 11.8. The normalized spacial score (nSPS) is 18.0. The lowest BCUT2D eigenvalue weighted by Gasteiger charge is -2.23. The van der Waals surface area contributed by atoms with Gasteiger partial charge >= 0.3 is 11.9 Å². The van der Waals surface area contributed by atoms with Crippen molar-refractivity contribution in [2.45, 2.75) is 51.7 Å². The van der Waals surface area contributed by atoms with Gasteiger partial charge in [-0.3, -0.25) is 9.59 Å². The first-order chi connectivity index (χ1) is 10.7. The van der Waals surface area contributed by atoms with Crippen molar-refractivity contribution in [3.63, 3.8) is 0 Å². The van der Waals surface area contributed by atoms with E-state index < -0.39 is 18.2 Å². The van der Waals surface area contributed by atoms with Crippen LogP contribution in [0.15, 0.2) is 24.3 Å². The summed E-state index contributed by atoms with van der Waals surface area (Å²) in [5.41, 5.74) is 0. The second-order valence-corrected chi connectivity index (χ2v) is 5.26. The highest BCUT2D eigenvalue weighted by molar-refractivity contribution is 5.91. The molecule has 2 unspecified atom stereocenters. The summed E-state index contributed by atoms with van der Waals surface area (Å²) in [7, 11) is 1.48. The zero-order valence-electron chi connectivity index (χ0n) is 13.5. The third-order valence-corrected chi connectivity index (χ3v) is 3.39. The van der Waals surface area contributed by atoms with Crippen LogP contribution in [0.2, 0.25) is 0 Å². The summed E-state index contributed by atoms with van der Waals surface area (Å²) in [6, 6.07) is 0. The van der Waals surface area contributed by atoms with Crippen molar-refractivity contribution in [1.29, 1.82) is 0 Å². The Balaban J connectivity index is 2.24. The Bertz CT molecular complexity index is 400. The van der Waals surface area contributed by atoms with Gasteiger partial charge in [0.1, 0.15) is 6.42 Å². The second-order valence-electron chi connectivity index (χ2n) is 5.26. The van der Waals surface area contributed by atoms with Gasteiger partial charge in [0.2, 0.25) is 6.29 Å². The van der Waals surface area contributed by atoms with Gasteiger partial charge in [-0.25, -0.2) is 0 Å². The SMILES string of the molecule is CCCCCCOC(=O)CC(=O)OC(OC)C1C=CC=CC1. The fraction of sp³-hybridized carbons (Fsp3) is 0.647. The van der Waals surface area contributed by atoms with Gasteiger partial charge in [0.15, 0.2) is 0 Å². The van der Waals surface area contributed by atoms with Gasteiger partial charge in [-0.1, -0.05) is 50.5 Å². The van der Waals surface area contributed by atoms with Crippen LogP contribution in [0.25, 0.3) is 0 Å². The van der Waals surface area contributed by atoms with Crippen molar-refractivity contribution in [2.24, 2.45) is 5.92 Å². The molecule has 0 heterocycles. The number of unbranched alkanes of at least 4 members (excludes halogenated alkanes) is 3. The van der Waals surface area contributed by atoms with E-state index in [1.807, 2.05) is 24.3 Å². The summed E-state index contributed by atoms with van der Waals surface area (Å²) >= 11 is 0. The minimum Gasteiger partial charge on any atom is -0.465 e.